The summed E-state index contributed by atoms with van der Waals surface area (Å²) in [6.45, 7) is 6.32. The number of aromatic nitrogens is 1. The fraction of sp³-hybridized carbons (Fsp3) is 0.276. The smallest absolute Gasteiger partial charge is 0.255 e. The number of carbonyl (C=O) groups is 1. The number of fused-ring (bicyclic) bond motifs is 1. The van der Waals surface area contributed by atoms with E-state index in [9.17, 15) is 14.1 Å². The van der Waals surface area contributed by atoms with Crippen molar-refractivity contribution < 1.29 is 18.8 Å². The first-order valence-electron chi connectivity index (χ1n) is 12.1. The monoisotopic (exact) mass is 519 g/mol. The highest BCUT2D eigenvalue weighted by Gasteiger charge is 2.13. The van der Waals surface area contributed by atoms with Crippen molar-refractivity contribution in [2.45, 2.75) is 31.7 Å². The van der Waals surface area contributed by atoms with E-state index in [1.807, 2.05) is 6.07 Å². The fourth-order valence-electron chi connectivity index (χ4n) is 4.38. The lowest BCUT2D eigenvalue weighted by molar-refractivity contribution is 0.102. The highest BCUT2D eigenvalue weighted by atomic mass is 32.2. The van der Waals surface area contributed by atoms with Crippen molar-refractivity contribution in [1.29, 1.82) is 0 Å². The third-order valence-electron chi connectivity index (χ3n) is 6.48. The van der Waals surface area contributed by atoms with Gasteiger partial charge in [-0.05, 0) is 101 Å². The normalized spacial score (nSPS) is 12.2. The number of aromatic hydroxyl groups is 1. The number of phenolic OH excluding ortho intramolecular Hbond substituents is 1. The zero-order valence-electron chi connectivity index (χ0n) is 21.9. The molecule has 0 spiro atoms. The van der Waals surface area contributed by atoms with Crippen molar-refractivity contribution in [3.05, 3.63) is 77.5 Å². The number of ether oxygens (including phenoxy) is 1. The van der Waals surface area contributed by atoms with Crippen LogP contribution in [0, 0.1) is 13.8 Å². The van der Waals surface area contributed by atoms with Gasteiger partial charge in [-0.2, -0.15) is 0 Å². The summed E-state index contributed by atoms with van der Waals surface area (Å²) in [5.74, 6) is 0.929. The first-order valence-corrected chi connectivity index (χ1v) is 13.7. The van der Waals surface area contributed by atoms with Gasteiger partial charge in [-0.3, -0.25) is 9.00 Å². The Labute approximate surface area is 220 Å². The molecule has 0 saturated carbocycles. The minimum Gasteiger partial charge on any atom is -0.507 e. The van der Waals surface area contributed by atoms with Gasteiger partial charge in [-0.15, -0.1) is 0 Å². The van der Waals surface area contributed by atoms with Crippen LogP contribution in [0.5, 0.6) is 17.2 Å². The highest BCUT2D eigenvalue weighted by molar-refractivity contribution is 7.84. The Bertz CT molecular complexity index is 1460. The number of hydrogen-bond acceptors (Lipinski definition) is 5. The van der Waals surface area contributed by atoms with Gasteiger partial charge in [0.2, 0.25) is 0 Å². The van der Waals surface area contributed by atoms with Gasteiger partial charge in [0.15, 0.2) is 0 Å². The van der Waals surface area contributed by atoms with E-state index in [1.165, 1.54) is 40.5 Å². The van der Waals surface area contributed by atoms with Crippen LogP contribution in [-0.4, -0.2) is 51.6 Å². The van der Waals surface area contributed by atoms with Gasteiger partial charge in [0, 0.05) is 46.7 Å². The lowest BCUT2D eigenvalue weighted by Crippen LogP contribution is -2.15. The van der Waals surface area contributed by atoms with E-state index in [0.29, 0.717) is 21.9 Å². The number of benzene rings is 3. The van der Waals surface area contributed by atoms with Crippen LogP contribution < -0.4 is 10.1 Å². The molecule has 37 heavy (non-hydrogen) atoms. The maximum atomic E-state index is 12.6. The summed E-state index contributed by atoms with van der Waals surface area (Å²) < 4.78 is 20.1. The predicted octanol–water partition coefficient (Wildman–Crippen LogP) is 5.70. The number of aryl methyl sites for hydroxylation is 2. The Hall–Kier alpha value is -3.62. The van der Waals surface area contributed by atoms with Crippen molar-refractivity contribution in [1.82, 2.24) is 9.47 Å². The van der Waals surface area contributed by atoms with E-state index in [2.05, 4.69) is 54.9 Å². The van der Waals surface area contributed by atoms with Crippen LogP contribution in [0.15, 0.2) is 65.6 Å². The number of nitrogens with zero attached hydrogens (tertiary/aromatic N) is 2. The number of phenols is 1. The molecule has 4 rings (SSSR count). The molecule has 7 nitrogen and oxygen atoms in total. The Kier molecular flexibility index (Phi) is 8.00. The maximum absolute atomic E-state index is 12.6. The number of rotatable bonds is 9. The molecule has 0 aliphatic rings. The molecule has 3 aromatic carbocycles. The Morgan fingerprint density at radius 1 is 1.03 bits per heavy atom. The second-order valence-electron chi connectivity index (χ2n) is 9.42. The average Bonchev–Trinajstić information content (AvgIpc) is 3.08. The molecule has 0 bridgehead atoms. The van der Waals surface area contributed by atoms with E-state index < -0.39 is 10.8 Å². The van der Waals surface area contributed by atoms with Crippen LogP contribution in [0.2, 0.25) is 0 Å². The molecule has 1 aromatic heterocycles. The van der Waals surface area contributed by atoms with E-state index in [4.69, 9.17) is 4.74 Å². The van der Waals surface area contributed by atoms with Gasteiger partial charge >= 0.3 is 0 Å². The zero-order valence-corrected chi connectivity index (χ0v) is 22.7. The summed E-state index contributed by atoms with van der Waals surface area (Å²) in [5, 5.41) is 13.9. The van der Waals surface area contributed by atoms with Crippen molar-refractivity contribution in [3.63, 3.8) is 0 Å². The Morgan fingerprint density at radius 3 is 2.38 bits per heavy atom. The highest BCUT2D eigenvalue weighted by Crippen LogP contribution is 2.31. The summed E-state index contributed by atoms with van der Waals surface area (Å²) >= 11 is 0. The molecule has 0 aliphatic heterocycles. The van der Waals surface area contributed by atoms with Crippen LogP contribution in [0.1, 0.15) is 28.0 Å². The molecule has 1 heterocycles. The zero-order chi connectivity index (χ0) is 26.7. The minimum absolute atomic E-state index is 0.117. The number of carbonyl (C=O) groups excluding carboxylic acids is 1. The molecule has 1 unspecified atom stereocenters. The lowest BCUT2D eigenvalue weighted by atomic mass is 10.1. The molecule has 4 aromatic rings. The summed E-state index contributed by atoms with van der Waals surface area (Å²) in [6.07, 6.45) is 2.57. The molecule has 2 N–H and O–H groups in total. The van der Waals surface area contributed by atoms with Crippen LogP contribution in [0.3, 0.4) is 0 Å². The van der Waals surface area contributed by atoms with Crippen LogP contribution in [0.25, 0.3) is 10.9 Å². The van der Waals surface area contributed by atoms with Crippen LogP contribution in [0.4, 0.5) is 5.69 Å². The lowest BCUT2D eigenvalue weighted by Gasteiger charge is -2.12. The fourth-order valence-corrected chi connectivity index (χ4v) is 4.99. The Balaban J connectivity index is 1.45. The Morgan fingerprint density at radius 2 is 1.73 bits per heavy atom. The standard InChI is InChI=1S/C29H33N3O4S/c1-19-20(2)32(16-6-15-31(3)4)26-13-12-24(18-25(19)26)36-23-10-7-21(8-11-23)29(34)30-22-9-14-28(37(5)35)27(33)17-22/h7-14,17-18,33H,6,15-16H2,1-5H3,(H,30,34). The van der Waals surface area contributed by atoms with Gasteiger partial charge in [0.05, 0.1) is 15.7 Å². The van der Waals surface area contributed by atoms with Crippen molar-refractivity contribution in [2.24, 2.45) is 0 Å². The topological polar surface area (TPSA) is 83.8 Å². The molecule has 0 aliphatic carbocycles. The van der Waals surface area contributed by atoms with E-state index in [1.54, 1.807) is 30.3 Å². The molecule has 1 atom stereocenters. The predicted molar refractivity (Wildman–Crippen MR) is 149 cm³/mol. The molecule has 0 fully saturated rings. The minimum atomic E-state index is -1.31. The summed E-state index contributed by atoms with van der Waals surface area (Å²) in [6, 6.07) is 17.6. The van der Waals surface area contributed by atoms with E-state index in [-0.39, 0.29) is 11.7 Å². The van der Waals surface area contributed by atoms with Crippen molar-refractivity contribution in [2.75, 3.05) is 32.2 Å². The number of nitrogens with one attached hydrogen (secondary N) is 1. The first-order chi connectivity index (χ1) is 17.6. The molecule has 8 heteroatoms. The number of hydrogen-bond donors (Lipinski definition) is 2. The molecular weight excluding hydrogens is 486 g/mol. The molecule has 0 radical (unpaired) electrons. The average molecular weight is 520 g/mol. The third kappa shape index (κ3) is 6.03. The maximum Gasteiger partial charge on any atom is 0.255 e. The van der Waals surface area contributed by atoms with E-state index in [0.717, 1.165) is 25.3 Å². The molecular formula is C29H33N3O4S. The summed E-state index contributed by atoms with van der Waals surface area (Å²) in [4.78, 5) is 15.2. The third-order valence-corrected chi connectivity index (χ3v) is 7.44. The second kappa shape index (κ2) is 11.2. The molecule has 194 valence electrons. The molecule has 0 saturated heterocycles. The van der Waals surface area contributed by atoms with Crippen LogP contribution >= 0.6 is 0 Å². The second-order valence-corrected chi connectivity index (χ2v) is 10.8. The summed E-state index contributed by atoms with van der Waals surface area (Å²) in [5.41, 5.74) is 4.60. The number of anilines is 1. The molecule has 1 amide bonds. The van der Waals surface area contributed by atoms with Gasteiger partial charge in [-0.1, -0.05) is 0 Å². The van der Waals surface area contributed by atoms with Gasteiger partial charge in [0.1, 0.15) is 17.2 Å². The first kappa shape index (κ1) is 26.4. The van der Waals surface area contributed by atoms with E-state index >= 15 is 0 Å². The van der Waals surface area contributed by atoms with Gasteiger partial charge in [-0.25, -0.2) is 0 Å². The van der Waals surface area contributed by atoms with Crippen molar-refractivity contribution in [3.8, 4) is 17.2 Å². The summed E-state index contributed by atoms with van der Waals surface area (Å²) in [7, 11) is 2.88. The van der Waals surface area contributed by atoms with Crippen LogP contribution in [-0.2, 0) is 17.3 Å². The SMILES string of the molecule is Cc1c(C)n(CCCN(C)C)c2ccc(Oc3ccc(C(=O)Nc4ccc(S(C)=O)c(O)c4)cc3)cc12. The number of amides is 1. The van der Waals surface area contributed by atoms with Gasteiger partial charge < -0.3 is 24.6 Å². The quantitative estimate of drug-likeness (QED) is 0.297. The van der Waals surface area contributed by atoms with Crippen molar-refractivity contribution >= 4 is 33.3 Å². The van der Waals surface area contributed by atoms with Gasteiger partial charge in [0.25, 0.3) is 5.91 Å². The largest absolute Gasteiger partial charge is 0.507 e.